The van der Waals surface area contributed by atoms with Gasteiger partial charge >= 0.3 is 0 Å². The van der Waals surface area contributed by atoms with E-state index >= 15 is 0 Å². The zero-order valence-corrected chi connectivity index (χ0v) is 21.4. The molecular formula is C29H31N5O4. The molecule has 5 rings (SSSR count). The standard InChI is InChI=1S/C29H31N5O4/c1-19-8-4-5-9-22(19)20-17-31-33(18-20)15-7-3-2-6-14-30-21-10-11-23-24(16-21)29(38)34(28(23)37)25-12-13-26(35)32-27(25)36/h4-5,8-11,16-18,25,30H,2-3,6-7,12-15H2,1H3,(H,32,35,36). The van der Waals surface area contributed by atoms with E-state index in [0.29, 0.717) is 0 Å². The van der Waals surface area contributed by atoms with Gasteiger partial charge in [-0.05, 0) is 55.5 Å². The summed E-state index contributed by atoms with van der Waals surface area (Å²) in [5.74, 6) is -1.97. The maximum atomic E-state index is 13.0. The van der Waals surface area contributed by atoms with Gasteiger partial charge in [0.05, 0.1) is 17.3 Å². The molecule has 2 aliphatic heterocycles. The van der Waals surface area contributed by atoms with Gasteiger partial charge in [-0.2, -0.15) is 5.10 Å². The molecule has 3 heterocycles. The predicted octanol–water partition coefficient (Wildman–Crippen LogP) is 3.93. The normalized spacial score (nSPS) is 17.1. The number of amides is 4. The first-order valence-corrected chi connectivity index (χ1v) is 13.1. The lowest BCUT2D eigenvalue weighted by Gasteiger charge is -2.27. The highest BCUT2D eigenvalue weighted by atomic mass is 16.2. The Balaban J connectivity index is 1.06. The molecule has 0 saturated carbocycles. The first kappa shape index (κ1) is 25.4. The molecule has 4 amide bonds. The van der Waals surface area contributed by atoms with Crippen LogP contribution in [-0.4, -0.2) is 50.9 Å². The van der Waals surface area contributed by atoms with Crippen LogP contribution in [0.1, 0.15) is 64.8 Å². The molecule has 0 bridgehead atoms. The van der Waals surface area contributed by atoms with Gasteiger partial charge in [-0.15, -0.1) is 0 Å². The summed E-state index contributed by atoms with van der Waals surface area (Å²) >= 11 is 0. The molecule has 0 radical (unpaired) electrons. The highest BCUT2D eigenvalue weighted by Crippen LogP contribution is 2.29. The Bertz CT molecular complexity index is 1400. The fourth-order valence-corrected chi connectivity index (χ4v) is 5.09. The van der Waals surface area contributed by atoms with Crippen molar-refractivity contribution in [3.05, 3.63) is 71.5 Å². The van der Waals surface area contributed by atoms with Crippen LogP contribution in [-0.2, 0) is 16.1 Å². The molecule has 1 unspecified atom stereocenters. The monoisotopic (exact) mass is 513 g/mol. The average Bonchev–Trinajstić information content (AvgIpc) is 3.46. The third kappa shape index (κ3) is 5.22. The molecule has 1 aromatic heterocycles. The zero-order valence-electron chi connectivity index (χ0n) is 21.4. The van der Waals surface area contributed by atoms with Gasteiger partial charge < -0.3 is 5.32 Å². The Morgan fingerprint density at radius 1 is 0.947 bits per heavy atom. The Hall–Kier alpha value is -4.27. The summed E-state index contributed by atoms with van der Waals surface area (Å²) in [6.07, 6.45) is 8.43. The van der Waals surface area contributed by atoms with Gasteiger partial charge in [-0.3, -0.25) is 34.1 Å². The molecule has 2 aliphatic rings. The Kier molecular flexibility index (Phi) is 7.35. The summed E-state index contributed by atoms with van der Waals surface area (Å²) in [4.78, 5) is 50.4. The van der Waals surface area contributed by atoms with Crippen LogP contribution in [0.5, 0.6) is 0 Å². The SMILES string of the molecule is Cc1ccccc1-c1cnn(CCCCCCNc2ccc3c(c2)C(=O)N(C2CCC(=O)NC2=O)C3=O)c1. The van der Waals surface area contributed by atoms with Crippen molar-refractivity contribution in [1.29, 1.82) is 0 Å². The van der Waals surface area contributed by atoms with Crippen molar-refractivity contribution >= 4 is 29.3 Å². The smallest absolute Gasteiger partial charge is 0.262 e. The van der Waals surface area contributed by atoms with E-state index in [-0.39, 0.29) is 29.9 Å². The molecule has 38 heavy (non-hydrogen) atoms. The number of aryl methyl sites for hydroxylation is 2. The van der Waals surface area contributed by atoms with Crippen LogP contribution < -0.4 is 10.6 Å². The number of carbonyl (C=O) groups excluding carboxylic acids is 4. The van der Waals surface area contributed by atoms with Crippen molar-refractivity contribution in [3.63, 3.8) is 0 Å². The summed E-state index contributed by atoms with van der Waals surface area (Å²) in [6.45, 7) is 3.73. The summed E-state index contributed by atoms with van der Waals surface area (Å²) in [7, 11) is 0. The number of hydrogen-bond donors (Lipinski definition) is 2. The van der Waals surface area contributed by atoms with Crippen molar-refractivity contribution in [2.75, 3.05) is 11.9 Å². The predicted molar refractivity (Wildman–Crippen MR) is 142 cm³/mol. The van der Waals surface area contributed by atoms with Crippen LogP contribution in [0.3, 0.4) is 0 Å². The largest absolute Gasteiger partial charge is 0.385 e. The van der Waals surface area contributed by atoms with Crippen LogP contribution in [0, 0.1) is 6.92 Å². The van der Waals surface area contributed by atoms with E-state index in [1.54, 1.807) is 18.2 Å². The first-order chi connectivity index (χ1) is 18.4. The average molecular weight is 514 g/mol. The third-order valence-corrected chi connectivity index (χ3v) is 7.17. The number of piperidine rings is 1. The van der Waals surface area contributed by atoms with Crippen molar-refractivity contribution in [3.8, 4) is 11.1 Å². The molecular weight excluding hydrogens is 482 g/mol. The molecule has 9 heteroatoms. The fraction of sp³-hybridized carbons (Fsp3) is 0.345. The number of hydrogen-bond acceptors (Lipinski definition) is 6. The minimum Gasteiger partial charge on any atom is -0.385 e. The minimum absolute atomic E-state index is 0.104. The Morgan fingerprint density at radius 3 is 2.55 bits per heavy atom. The summed E-state index contributed by atoms with van der Waals surface area (Å²) in [6, 6.07) is 12.4. The van der Waals surface area contributed by atoms with E-state index in [9.17, 15) is 19.2 Å². The van der Waals surface area contributed by atoms with Gasteiger partial charge in [0.2, 0.25) is 11.8 Å². The lowest BCUT2D eigenvalue weighted by atomic mass is 10.0. The van der Waals surface area contributed by atoms with Gasteiger partial charge in [-0.1, -0.05) is 37.1 Å². The molecule has 0 spiro atoms. The number of anilines is 1. The second-order valence-electron chi connectivity index (χ2n) is 9.86. The van der Waals surface area contributed by atoms with Gasteiger partial charge in [0, 0.05) is 37.0 Å². The van der Waals surface area contributed by atoms with Gasteiger partial charge in [-0.25, -0.2) is 0 Å². The van der Waals surface area contributed by atoms with Crippen molar-refractivity contribution in [1.82, 2.24) is 20.0 Å². The first-order valence-electron chi connectivity index (χ1n) is 13.1. The van der Waals surface area contributed by atoms with Crippen LogP contribution >= 0.6 is 0 Å². The zero-order chi connectivity index (χ0) is 26.6. The maximum Gasteiger partial charge on any atom is 0.262 e. The maximum absolute atomic E-state index is 13.0. The molecule has 3 aromatic rings. The molecule has 0 aliphatic carbocycles. The van der Waals surface area contributed by atoms with Gasteiger partial charge in [0.25, 0.3) is 11.8 Å². The van der Waals surface area contributed by atoms with Crippen LogP contribution in [0.4, 0.5) is 5.69 Å². The Morgan fingerprint density at radius 2 is 1.74 bits per heavy atom. The van der Waals surface area contributed by atoms with Crippen LogP contribution in [0.25, 0.3) is 11.1 Å². The summed E-state index contributed by atoms with van der Waals surface area (Å²) in [5.41, 5.74) is 4.93. The van der Waals surface area contributed by atoms with Gasteiger partial charge in [0.15, 0.2) is 0 Å². The highest BCUT2D eigenvalue weighted by molar-refractivity contribution is 6.23. The molecule has 1 fully saturated rings. The second kappa shape index (κ2) is 11.0. The number of fused-ring (bicyclic) bond motifs is 1. The number of imide groups is 2. The number of nitrogens with zero attached hydrogens (tertiary/aromatic N) is 3. The number of aromatic nitrogens is 2. The van der Waals surface area contributed by atoms with E-state index in [1.807, 2.05) is 23.0 Å². The molecule has 2 N–H and O–H groups in total. The number of carbonyl (C=O) groups is 4. The lowest BCUT2D eigenvalue weighted by Crippen LogP contribution is -2.54. The molecule has 196 valence electrons. The minimum atomic E-state index is -0.952. The summed E-state index contributed by atoms with van der Waals surface area (Å²) < 4.78 is 2.00. The van der Waals surface area contributed by atoms with Crippen molar-refractivity contribution in [2.45, 2.75) is 58.0 Å². The van der Waals surface area contributed by atoms with E-state index in [4.69, 9.17) is 0 Å². The van der Waals surface area contributed by atoms with Crippen molar-refractivity contribution < 1.29 is 19.2 Å². The number of unbranched alkanes of at least 4 members (excludes halogenated alkanes) is 3. The second-order valence-corrected chi connectivity index (χ2v) is 9.86. The molecule has 1 saturated heterocycles. The van der Waals surface area contributed by atoms with Crippen molar-refractivity contribution in [2.24, 2.45) is 0 Å². The number of rotatable bonds is 10. The quantitative estimate of drug-likeness (QED) is 0.314. The number of benzene rings is 2. The molecule has 1 atom stereocenters. The number of nitrogens with one attached hydrogen (secondary N) is 2. The topological polar surface area (TPSA) is 113 Å². The molecule has 9 nitrogen and oxygen atoms in total. The van der Waals surface area contributed by atoms with Crippen LogP contribution in [0.2, 0.25) is 0 Å². The third-order valence-electron chi connectivity index (χ3n) is 7.17. The lowest BCUT2D eigenvalue weighted by molar-refractivity contribution is -0.136. The fourth-order valence-electron chi connectivity index (χ4n) is 5.09. The van der Waals surface area contributed by atoms with E-state index in [0.717, 1.165) is 54.9 Å². The highest BCUT2D eigenvalue weighted by Gasteiger charge is 2.44. The van der Waals surface area contributed by atoms with E-state index in [2.05, 4.69) is 41.0 Å². The van der Waals surface area contributed by atoms with Crippen LogP contribution in [0.15, 0.2) is 54.9 Å². The Labute approximate surface area is 221 Å². The van der Waals surface area contributed by atoms with E-state index in [1.165, 1.54) is 11.1 Å². The molecule has 2 aromatic carbocycles. The van der Waals surface area contributed by atoms with Gasteiger partial charge in [0.1, 0.15) is 6.04 Å². The summed E-state index contributed by atoms with van der Waals surface area (Å²) in [5, 5.41) is 10.0. The van der Waals surface area contributed by atoms with E-state index < -0.39 is 23.8 Å².